The molecule has 2 amide bonds. The summed E-state index contributed by atoms with van der Waals surface area (Å²) in [6.07, 6.45) is 0.358. The first-order chi connectivity index (χ1) is 18.2. The SMILES string of the molecule is N=C(CCSCC(N)SC(=N)NC(=O)C(CO)c1ccccc1)SC(=N)NC(=O)C(CO)c1ccccc1. The number of nitrogens with two attached hydrogens (primary N) is 1. The lowest BCUT2D eigenvalue weighted by atomic mass is 9.99. The normalized spacial score (nSPS) is 13.1. The van der Waals surface area contributed by atoms with Gasteiger partial charge in [0, 0.05) is 12.2 Å². The van der Waals surface area contributed by atoms with Gasteiger partial charge >= 0.3 is 0 Å². The van der Waals surface area contributed by atoms with Crippen LogP contribution in [0.1, 0.15) is 29.4 Å². The number of thioether (sulfide) groups is 3. The first kappa shape index (κ1) is 31.5. The van der Waals surface area contributed by atoms with Crippen LogP contribution >= 0.6 is 35.3 Å². The number of aliphatic hydroxyl groups excluding tert-OH is 2. The van der Waals surface area contributed by atoms with Crippen LogP contribution in [0.4, 0.5) is 0 Å². The summed E-state index contributed by atoms with van der Waals surface area (Å²) in [5.41, 5.74) is 7.35. The number of hydrogen-bond acceptors (Lipinski definition) is 11. The van der Waals surface area contributed by atoms with Gasteiger partial charge in [0.2, 0.25) is 11.8 Å². The van der Waals surface area contributed by atoms with Crippen molar-refractivity contribution in [3.8, 4) is 0 Å². The molecule has 2 aromatic carbocycles. The van der Waals surface area contributed by atoms with Crippen molar-refractivity contribution in [1.82, 2.24) is 10.6 Å². The second-order valence-electron chi connectivity index (χ2n) is 7.93. The van der Waals surface area contributed by atoms with Crippen molar-refractivity contribution in [1.29, 1.82) is 16.2 Å². The van der Waals surface area contributed by atoms with Gasteiger partial charge in [-0.05, 0) is 28.6 Å². The van der Waals surface area contributed by atoms with E-state index >= 15 is 0 Å². The standard InChI is InChI=1S/C25H32N6O4S3/c26-20(37-24(28)30-22(34)18(13-32)16-7-3-1-4-8-16)11-12-36-15-21(27)38-25(29)31-23(35)19(14-33)17-9-5-2-6-10-17/h1-10,18-19,21,26,32-33H,11-15,27H2,(H2,28,30,34)(H2,29,31,35). The molecule has 10 nitrogen and oxygen atoms in total. The van der Waals surface area contributed by atoms with Crippen LogP contribution in [0.3, 0.4) is 0 Å². The largest absolute Gasteiger partial charge is 0.395 e. The second kappa shape index (κ2) is 17.0. The van der Waals surface area contributed by atoms with Gasteiger partial charge in [0.1, 0.15) is 0 Å². The maximum atomic E-state index is 12.4. The number of carbonyl (C=O) groups excluding carboxylic acids is 2. The minimum absolute atomic E-state index is 0.110. The third-order valence-electron chi connectivity index (χ3n) is 5.13. The van der Waals surface area contributed by atoms with Crippen molar-refractivity contribution in [3.05, 3.63) is 71.8 Å². The zero-order chi connectivity index (χ0) is 27.9. The maximum absolute atomic E-state index is 12.4. The molecule has 13 heteroatoms. The summed E-state index contributed by atoms with van der Waals surface area (Å²) in [6.45, 7) is -0.772. The molecule has 0 saturated heterocycles. The first-order valence-corrected chi connectivity index (χ1v) is 14.5. The molecular weight excluding hydrogens is 545 g/mol. The fraction of sp³-hybridized carbons (Fsp3) is 0.320. The van der Waals surface area contributed by atoms with E-state index in [9.17, 15) is 19.8 Å². The molecule has 2 rings (SSSR count). The Labute approximate surface area is 234 Å². The van der Waals surface area contributed by atoms with Crippen LogP contribution in [0.15, 0.2) is 60.7 Å². The molecule has 204 valence electrons. The highest BCUT2D eigenvalue weighted by Crippen LogP contribution is 2.19. The van der Waals surface area contributed by atoms with Gasteiger partial charge in [-0.15, -0.1) is 0 Å². The molecule has 0 aliphatic heterocycles. The van der Waals surface area contributed by atoms with Crippen LogP contribution < -0.4 is 16.4 Å². The topological polar surface area (TPSA) is 196 Å². The van der Waals surface area contributed by atoms with E-state index in [1.165, 1.54) is 11.8 Å². The van der Waals surface area contributed by atoms with Crippen molar-refractivity contribution in [2.45, 2.75) is 23.6 Å². The third kappa shape index (κ3) is 11.0. The minimum Gasteiger partial charge on any atom is -0.395 e. The molecule has 0 bridgehead atoms. The average Bonchev–Trinajstić information content (AvgIpc) is 2.88. The zero-order valence-corrected chi connectivity index (χ0v) is 23.0. The van der Waals surface area contributed by atoms with E-state index in [-0.39, 0.29) is 22.0 Å². The third-order valence-corrected chi connectivity index (χ3v) is 7.99. The summed E-state index contributed by atoms with van der Waals surface area (Å²) in [5.74, 6) is -1.55. The van der Waals surface area contributed by atoms with Crippen molar-refractivity contribution >= 4 is 62.5 Å². The summed E-state index contributed by atoms with van der Waals surface area (Å²) in [7, 11) is 0. The van der Waals surface area contributed by atoms with Gasteiger partial charge in [-0.25, -0.2) is 0 Å². The van der Waals surface area contributed by atoms with Gasteiger partial charge in [0.05, 0.1) is 35.5 Å². The molecule has 0 radical (unpaired) electrons. The first-order valence-electron chi connectivity index (χ1n) is 11.6. The Kier molecular flexibility index (Phi) is 14.1. The van der Waals surface area contributed by atoms with Gasteiger partial charge in [-0.2, -0.15) is 11.8 Å². The molecule has 9 N–H and O–H groups in total. The number of benzene rings is 2. The molecule has 0 aliphatic rings. The highest BCUT2D eigenvalue weighted by Gasteiger charge is 2.22. The Morgan fingerprint density at radius 1 is 0.816 bits per heavy atom. The Morgan fingerprint density at radius 3 is 1.76 bits per heavy atom. The number of carbonyl (C=O) groups is 2. The molecule has 0 heterocycles. The molecule has 2 aromatic rings. The van der Waals surface area contributed by atoms with Crippen LogP contribution in [0, 0.1) is 16.2 Å². The van der Waals surface area contributed by atoms with E-state index < -0.39 is 35.6 Å². The van der Waals surface area contributed by atoms with Gasteiger partial charge in [0.25, 0.3) is 0 Å². The van der Waals surface area contributed by atoms with Gasteiger partial charge in [-0.3, -0.25) is 25.8 Å². The number of hydrogen-bond donors (Lipinski definition) is 8. The van der Waals surface area contributed by atoms with Crippen molar-refractivity contribution < 1.29 is 19.8 Å². The van der Waals surface area contributed by atoms with E-state index in [1.807, 2.05) is 6.07 Å². The van der Waals surface area contributed by atoms with Crippen molar-refractivity contribution in [2.75, 3.05) is 24.7 Å². The Morgan fingerprint density at radius 2 is 1.29 bits per heavy atom. The fourth-order valence-corrected chi connectivity index (χ4v) is 5.73. The average molecular weight is 577 g/mol. The van der Waals surface area contributed by atoms with Crippen molar-refractivity contribution in [3.63, 3.8) is 0 Å². The molecule has 38 heavy (non-hydrogen) atoms. The molecular formula is C25H32N6O4S3. The molecule has 0 saturated carbocycles. The zero-order valence-electron chi connectivity index (χ0n) is 20.6. The highest BCUT2D eigenvalue weighted by atomic mass is 32.2. The monoisotopic (exact) mass is 576 g/mol. The summed E-state index contributed by atoms with van der Waals surface area (Å²) < 4.78 is 0. The highest BCUT2D eigenvalue weighted by molar-refractivity contribution is 8.26. The number of amides is 2. The second-order valence-corrected chi connectivity index (χ2v) is 11.4. The summed E-state index contributed by atoms with van der Waals surface area (Å²) in [6, 6.07) is 17.6. The predicted molar refractivity (Wildman–Crippen MR) is 157 cm³/mol. The van der Waals surface area contributed by atoms with Crippen LogP contribution in [0.25, 0.3) is 0 Å². The van der Waals surface area contributed by atoms with Gasteiger partial charge in [0.15, 0.2) is 10.3 Å². The Hall–Kier alpha value is -2.68. The van der Waals surface area contributed by atoms with E-state index in [0.717, 1.165) is 23.5 Å². The predicted octanol–water partition coefficient (Wildman–Crippen LogP) is 2.49. The Balaban J connectivity index is 1.65. The number of amidine groups is 2. The van der Waals surface area contributed by atoms with Crippen LogP contribution in [-0.2, 0) is 9.59 Å². The summed E-state index contributed by atoms with van der Waals surface area (Å²) >= 11 is 3.29. The fourth-order valence-electron chi connectivity index (χ4n) is 3.23. The maximum Gasteiger partial charge on any atom is 0.235 e. The summed E-state index contributed by atoms with van der Waals surface area (Å²) in [4.78, 5) is 24.8. The number of aliphatic hydroxyl groups is 2. The molecule has 0 spiro atoms. The molecule has 0 fully saturated rings. The number of rotatable bonds is 12. The Bertz CT molecular complexity index is 1090. The molecule has 3 unspecified atom stereocenters. The lowest BCUT2D eigenvalue weighted by molar-refractivity contribution is -0.122. The van der Waals surface area contributed by atoms with E-state index in [2.05, 4.69) is 10.6 Å². The van der Waals surface area contributed by atoms with Gasteiger partial charge in [-0.1, -0.05) is 72.4 Å². The van der Waals surface area contributed by atoms with E-state index in [4.69, 9.17) is 22.0 Å². The van der Waals surface area contributed by atoms with E-state index in [0.29, 0.717) is 29.1 Å². The van der Waals surface area contributed by atoms with Crippen LogP contribution in [0.2, 0.25) is 0 Å². The van der Waals surface area contributed by atoms with Gasteiger partial charge < -0.3 is 26.6 Å². The lowest BCUT2D eigenvalue weighted by Crippen LogP contribution is -2.36. The lowest BCUT2D eigenvalue weighted by Gasteiger charge is -2.17. The smallest absolute Gasteiger partial charge is 0.235 e. The van der Waals surface area contributed by atoms with E-state index in [1.54, 1.807) is 54.6 Å². The van der Waals surface area contributed by atoms with Crippen molar-refractivity contribution in [2.24, 2.45) is 5.73 Å². The van der Waals surface area contributed by atoms with Crippen LogP contribution in [-0.4, -0.2) is 67.5 Å². The quantitative estimate of drug-likeness (QED) is 0.0816. The number of nitrogens with one attached hydrogen (secondary N) is 5. The minimum atomic E-state index is -0.794. The molecule has 0 aromatic heterocycles. The molecule has 0 aliphatic carbocycles. The summed E-state index contributed by atoms with van der Waals surface area (Å²) in [5, 5.41) is 47.5. The molecule has 3 atom stereocenters. The van der Waals surface area contributed by atoms with Crippen LogP contribution in [0.5, 0.6) is 0 Å².